The van der Waals surface area contributed by atoms with E-state index in [0.29, 0.717) is 6.54 Å². The third-order valence-corrected chi connectivity index (χ3v) is 5.23. The van der Waals surface area contributed by atoms with Gasteiger partial charge in [-0.1, -0.05) is 44.2 Å². The number of urea groups is 1. The zero-order chi connectivity index (χ0) is 19.6. The number of anilines is 2. The molecule has 2 aromatic rings. The Hall–Kier alpha value is -2.82. The molecule has 0 bridgehead atoms. The Kier molecular flexibility index (Phi) is 5.49. The van der Waals surface area contributed by atoms with Crippen molar-refractivity contribution < 1.29 is 9.59 Å². The minimum absolute atomic E-state index is 0.0189. The second kappa shape index (κ2) is 7.82. The molecule has 5 heteroatoms. The van der Waals surface area contributed by atoms with E-state index in [1.54, 1.807) is 4.90 Å². The third-order valence-electron chi connectivity index (χ3n) is 5.23. The van der Waals surface area contributed by atoms with Crippen molar-refractivity contribution in [2.45, 2.75) is 40.2 Å². The molecule has 0 aliphatic carbocycles. The van der Waals surface area contributed by atoms with Crippen LogP contribution in [0.1, 0.15) is 30.5 Å². The van der Waals surface area contributed by atoms with Crippen LogP contribution >= 0.6 is 0 Å². The van der Waals surface area contributed by atoms with Crippen LogP contribution in [0.2, 0.25) is 0 Å². The van der Waals surface area contributed by atoms with Gasteiger partial charge in [0.2, 0.25) is 5.91 Å². The van der Waals surface area contributed by atoms with Crippen molar-refractivity contribution in [3.8, 4) is 0 Å². The lowest BCUT2D eigenvalue weighted by molar-refractivity contribution is -0.121. The molecule has 142 valence electrons. The summed E-state index contributed by atoms with van der Waals surface area (Å²) in [6.07, 6.45) is 0.849. The van der Waals surface area contributed by atoms with Gasteiger partial charge in [-0.05, 0) is 55.0 Å². The van der Waals surface area contributed by atoms with Gasteiger partial charge in [-0.3, -0.25) is 4.79 Å². The summed E-state index contributed by atoms with van der Waals surface area (Å²) in [5, 5.41) is 5.76. The van der Waals surface area contributed by atoms with E-state index in [0.717, 1.165) is 28.9 Å². The van der Waals surface area contributed by atoms with Crippen molar-refractivity contribution in [3.05, 3.63) is 59.2 Å². The molecule has 0 radical (unpaired) electrons. The topological polar surface area (TPSA) is 61.4 Å². The fraction of sp³-hybridized carbons (Fsp3) is 0.364. The van der Waals surface area contributed by atoms with Crippen LogP contribution in [0.5, 0.6) is 0 Å². The third kappa shape index (κ3) is 3.97. The van der Waals surface area contributed by atoms with Gasteiger partial charge in [0.25, 0.3) is 0 Å². The fourth-order valence-electron chi connectivity index (χ4n) is 3.43. The standard InChI is InChI=1S/C22H27N3O2/c1-14(2)20(21(26)25-13-12-17-9-5-6-11-19(17)25)24-22(27)23-18-10-7-8-15(3)16(18)4/h5-11,14,20H,12-13H2,1-4H3,(H2,23,24,27)/t20-/m1/s1. The van der Waals surface area contributed by atoms with Crippen LogP contribution in [-0.2, 0) is 11.2 Å². The molecule has 0 unspecified atom stereocenters. The van der Waals surface area contributed by atoms with Gasteiger partial charge in [0.15, 0.2) is 0 Å². The lowest BCUT2D eigenvalue weighted by atomic mass is 10.0. The summed E-state index contributed by atoms with van der Waals surface area (Å²) in [7, 11) is 0. The van der Waals surface area contributed by atoms with Crippen LogP contribution in [0.25, 0.3) is 0 Å². The zero-order valence-corrected chi connectivity index (χ0v) is 16.4. The molecule has 0 saturated heterocycles. The van der Waals surface area contributed by atoms with Crippen LogP contribution in [0.15, 0.2) is 42.5 Å². The van der Waals surface area contributed by atoms with Gasteiger partial charge < -0.3 is 15.5 Å². The smallest absolute Gasteiger partial charge is 0.319 e. The maximum absolute atomic E-state index is 13.1. The summed E-state index contributed by atoms with van der Waals surface area (Å²) in [6, 6.07) is 12.8. The van der Waals surface area contributed by atoms with Crippen LogP contribution in [0.3, 0.4) is 0 Å². The number of carbonyl (C=O) groups is 2. The number of aryl methyl sites for hydroxylation is 1. The summed E-state index contributed by atoms with van der Waals surface area (Å²) < 4.78 is 0. The van der Waals surface area contributed by atoms with Gasteiger partial charge in [0.1, 0.15) is 6.04 Å². The molecule has 1 aliphatic heterocycles. The Morgan fingerprint density at radius 2 is 1.78 bits per heavy atom. The molecule has 0 spiro atoms. The van der Waals surface area contributed by atoms with Crippen molar-refractivity contribution >= 4 is 23.3 Å². The molecule has 1 atom stereocenters. The SMILES string of the molecule is Cc1cccc(NC(=O)N[C@@H](C(=O)N2CCc3ccccc32)C(C)C)c1C. The molecule has 1 aliphatic rings. The largest absolute Gasteiger partial charge is 0.326 e. The number of rotatable bonds is 4. The highest BCUT2D eigenvalue weighted by molar-refractivity contribution is 6.02. The molecular weight excluding hydrogens is 338 g/mol. The van der Waals surface area contributed by atoms with Crippen molar-refractivity contribution in [3.63, 3.8) is 0 Å². The fourth-order valence-corrected chi connectivity index (χ4v) is 3.43. The Morgan fingerprint density at radius 3 is 2.52 bits per heavy atom. The Morgan fingerprint density at radius 1 is 1.04 bits per heavy atom. The number of nitrogens with one attached hydrogen (secondary N) is 2. The van der Waals surface area contributed by atoms with Crippen molar-refractivity contribution in [1.82, 2.24) is 5.32 Å². The van der Waals surface area contributed by atoms with E-state index in [-0.39, 0.29) is 17.9 Å². The molecule has 0 saturated carbocycles. The summed E-state index contributed by atoms with van der Waals surface area (Å²) in [5.41, 5.74) is 5.01. The number of fused-ring (bicyclic) bond motifs is 1. The second-order valence-electron chi connectivity index (χ2n) is 7.44. The predicted molar refractivity (Wildman–Crippen MR) is 109 cm³/mol. The lowest BCUT2D eigenvalue weighted by Crippen LogP contribution is -2.52. The number of carbonyl (C=O) groups excluding carboxylic acids is 2. The minimum atomic E-state index is -0.582. The maximum Gasteiger partial charge on any atom is 0.319 e. The minimum Gasteiger partial charge on any atom is -0.326 e. The second-order valence-corrected chi connectivity index (χ2v) is 7.44. The molecule has 0 aromatic heterocycles. The molecule has 5 nitrogen and oxygen atoms in total. The van der Waals surface area contributed by atoms with Gasteiger partial charge in [-0.15, -0.1) is 0 Å². The van der Waals surface area contributed by atoms with Crippen molar-refractivity contribution in [1.29, 1.82) is 0 Å². The van der Waals surface area contributed by atoms with Gasteiger partial charge in [-0.2, -0.15) is 0 Å². The van der Waals surface area contributed by atoms with Crippen LogP contribution < -0.4 is 15.5 Å². The van der Waals surface area contributed by atoms with E-state index in [9.17, 15) is 9.59 Å². The zero-order valence-electron chi connectivity index (χ0n) is 16.4. The van der Waals surface area contributed by atoms with E-state index < -0.39 is 6.04 Å². The molecule has 2 N–H and O–H groups in total. The average Bonchev–Trinajstić information content (AvgIpc) is 3.07. The Bertz CT molecular complexity index is 860. The van der Waals surface area contributed by atoms with E-state index >= 15 is 0 Å². The molecule has 0 fully saturated rings. The first kappa shape index (κ1) is 19.0. The number of nitrogens with zero attached hydrogens (tertiary/aromatic N) is 1. The Labute approximate surface area is 160 Å². The van der Waals surface area contributed by atoms with Crippen LogP contribution in [0, 0.1) is 19.8 Å². The average molecular weight is 365 g/mol. The lowest BCUT2D eigenvalue weighted by Gasteiger charge is -2.27. The van der Waals surface area contributed by atoms with Gasteiger partial charge in [-0.25, -0.2) is 4.79 Å². The normalized spacial score (nSPS) is 14.0. The number of hydrogen-bond donors (Lipinski definition) is 2. The van der Waals surface area contributed by atoms with E-state index in [4.69, 9.17) is 0 Å². The number of amides is 3. The van der Waals surface area contributed by atoms with Gasteiger partial charge >= 0.3 is 6.03 Å². The summed E-state index contributed by atoms with van der Waals surface area (Å²) >= 11 is 0. The number of para-hydroxylation sites is 1. The van der Waals surface area contributed by atoms with Gasteiger partial charge in [0, 0.05) is 17.9 Å². The first-order valence-corrected chi connectivity index (χ1v) is 9.41. The molecule has 1 heterocycles. The molecule has 3 rings (SSSR count). The van der Waals surface area contributed by atoms with Crippen LogP contribution in [-0.4, -0.2) is 24.5 Å². The Balaban J connectivity index is 1.73. The van der Waals surface area contributed by atoms with Gasteiger partial charge in [0.05, 0.1) is 0 Å². The molecule has 3 amide bonds. The summed E-state index contributed by atoms with van der Waals surface area (Å²) in [5.74, 6) is -0.0827. The summed E-state index contributed by atoms with van der Waals surface area (Å²) in [4.78, 5) is 27.5. The highest BCUT2D eigenvalue weighted by atomic mass is 16.2. The first-order valence-electron chi connectivity index (χ1n) is 9.41. The highest BCUT2D eigenvalue weighted by Gasteiger charge is 2.32. The predicted octanol–water partition coefficient (Wildman–Crippen LogP) is 4.04. The van der Waals surface area contributed by atoms with Crippen LogP contribution in [0.4, 0.5) is 16.2 Å². The highest BCUT2D eigenvalue weighted by Crippen LogP contribution is 2.28. The number of benzene rings is 2. The van der Waals surface area contributed by atoms with Crippen molar-refractivity contribution in [2.24, 2.45) is 5.92 Å². The molecule has 27 heavy (non-hydrogen) atoms. The van der Waals surface area contributed by atoms with E-state index in [1.165, 1.54) is 5.56 Å². The summed E-state index contributed by atoms with van der Waals surface area (Å²) in [6.45, 7) is 8.52. The van der Waals surface area contributed by atoms with E-state index in [1.807, 2.05) is 70.2 Å². The maximum atomic E-state index is 13.1. The quantitative estimate of drug-likeness (QED) is 0.859. The molecular formula is C22H27N3O2. The number of hydrogen-bond acceptors (Lipinski definition) is 2. The van der Waals surface area contributed by atoms with Crippen molar-refractivity contribution in [2.75, 3.05) is 16.8 Å². The van der Waals surface area contributed by atoms with E-state index in [2.05, 4.69) is 10.6 Å². The molecule has 2 aromatic carbocycles. The monoisotopic (exact) mass is 365 g/mol. The first-order chi connectivity index (χ1) is 12.9.